The number of H-pyrrole nitrogens is 4. The molecule has 0 atom stereocenters. The number of hydrogen-bond donors (Lipinski definition) is 6. The zero-order chi connectivity index (χ0) is 36.4. The minimum absolute atomic E-state index is 1.04. The summed E-state index contributed by atoms with van der Waals surface area (Å²) in [7, 11) is -4.67. The fourth-order valence-electron chi connectivity index (χ4n) is 6.99. The molecule has 8 bridgehead atoms. The van der Waals surface area contributed by atoms with Crippen molar-refractivity contribution < 1.29 is 17.5 Å². The van der Waals surface area contributed by atoms with E-state index in [2.05, 4.69) is 190 Å². The maximum absolute atomic E-state index is 8.74. The monoisotopic (exact) mass is 714 g/mol. The summed E-state index contributed by atoms with van der Waals surface area (Å²) in [5, 5.41) is 4.16. The van der Waals surface area contributed by atoms with Crippen molar-refractivity contribution in [3.8, 4) is 0 Å². The summed E-state index contributed by atoms with van der Waals surface area (Å²) >= 11 is 0. The van der Waals surface area contributed by atoms with Gasteiger partial charge in [-0.15, -0.1) is 0 Å². The van der Waals surface area contributed by atoms with Crippen LogP contribution >= 0.6 is 0 Å². The highest BCUT2D eigenvalue weighted by Gasteiger charge is 2.18. The van der Waals surface area contributed by atoms with Crippen molar-refractivity contribution in [2.45, 2.75) is 0 Å². The molecule has 1 aliphatic heterocycles. The molecule has 0 aliphatic carbocycles. The van der Waals surface area contributed by atoms with Crippen LogP contribution in [0.15, 0.2) is 170 Å². The topological polar surface area (TPSA) is 138 Å². The van der Waals surface area contributed by atoms with Gasteiger partial charge in [0.05, 0.1) is 0 Å². The molecule has 53 heavy (non-hydrogen) atoms. The third kappa shape index (κ3) is 7.13. The Balaban J connectivity index is 0.000000752. The Kier molecular flexibility index (Phi) is 8.95. The van der Waals surface area contributed by atoms with Gasteiger partial charge in [-0.3, -0.25) is 9.11 Å². The van der Waals surface area contributed by atoms with Crippen LogP contribution in [0, 0.1) is 0 Å². The molecule has 8 aromatic rings. The van der Waals surface area contributed by atoms with Gasteiger partial charge in [-0.2, -0.15) is 8.42 Å². The number of aromatic amines is 4. The lowest BCUT2D eigenvalue weighted by atomic mass is 10.0. The van der Waals surface area contributed by atoms with Crippen LogP contribution in [0.5, 0.6) is 0 Å². The molecule has 0 radical (unpaired) electrons. The van der Waals surface area contributed by atoms with Gasteiger partial charge in [0, 0.05) is 66.5 Å². The zero-order valence-electron chi connectivity index (χ0n) is 28.3. The second kappa shape index (κ2) is 14.2. The van der Waals surface area contributed by atoms with Crippen LogP contribution in [-0.4, -0.2) is 37.5 Å². The molecule has 9 rings (SSSR count). The van der Waals surface area contributed by atoms with Crippen molar-refractivity contribution in [2.24, 2.45) is 0 Å². The first kappa shape index (κ1) is 33.5. The maximum atomic E-state index is 8.74. The number of nitrogens with one attached hydrogen (secondary N) is 4. The largest absolute Gasteiger partial charge is 0.394 e. The molecule has 0 saturated heterocycles. The lowest BCUT2D eigenvalue weighted by molar-refractivity contribution is 0.381. The Labute approximate surface area is 305 Å². The predicted octanol–water partition coefficient (Wildman–Crippen LogP) is 5.65. The maximum Gasteiger partial charge on any atom is 0.394 e. The Hall–Kier alpha value is -6.65. The lowest BCUT2D eigenvalue weighted by Crippen LogP contribution is -2.19. The first-order chi connectivity index (χ1) is 25.8. The van der Waals surface area contributed by atoms with Gasteiger partial charge in [0.25, 0.3) is 0 Å². The first-order valence-corrected chi connectivity index (χ1v) is 18.4. The normalized spacial score (nSPS) is 12.7. The second-order valence-corrected chi connectivity index (χ2v) is 13.5. The highest BCUT2D eigenvalue weighted by Crippen LogP contribution is 2.27. The molecule has 9 heteroatoms. The number of rotatable bonds is 4. The van der Waals surface area contributed by atoms with E-state index in [4.69, 9.17) is 17.5 Å². The lowest BCUT2D eigenvalue weighted by Gasteiger charge is -2.09. The van der Waals surface area contributed by atoms with Crippen LogP contribution in [0.4, 0.5) is 0 Å². The number of benzene rings is 4. The van der Waals surface area contributed by atoms with E-state index in [1.54, 1.807) is 0 Å². The van der Waals surface area contributed by atoms with Crippen molar-refractivity contribution >= 4 is 32.7 Å². The molecule has 0 amide bonds. The molecular formula is C44H34N4O4S. The van der Waals surface area contributed by atoms with E-state index < -0.39 is 10.4 Å². The van der Waals surface area contributed by atoms with Gasteiger partial charge < -0.3 is 19.9 Å². The fourth-order valence-corrected chi connectivity index (χ4v) is 6.99. The standard InChI is InChI=1S/C44H32N4.H2O4S/c1-5-13-29(14-6-1)41-33-21-23-35(45-33)42(30-15-7-2-8-16-30)37-25-27-39(47-37)44(32-19-11-4-12-20-32)40-28-26-38(48-40)43(31-17-9-3-10-18-31)36-24-22-34(41)46-36;1-5(2,3)4/h1-28,45-48H;(H2,1,2,3,4). The molecule has 8 nitrogen and oxygen atoms in total. The summed E-state index contributed by atoms with van der Waals surface area (Å²) in [6.07, 6.45) is 0. The average molecular weight is 715 g/mol. The van der Waals surface area contributed by atoms with E-state index in [0.717, 1.165) is 88.7 Å². The summed E-state index contributed by atoms with van der Waals surface area (Å²) < 4.78 is 31.6. The highest BCUT2D eigenvalue weighted by molar-refractivity contribution is 7.79. The van der Waals surface area contributed by atoms with Crippen molar-refractivity contribution in [3.05, 3.63) is 236 Å². The molecule has 6 N–H and O–H groups in total. The van der Waals surface area contributed by atoms with Gasteiger partial charge in [0.2, 0.25) is 0 Å². The molecular weight excluding hydrogens is 681 g/mol. The first-order valence-electron chi connectivity index (χ1n) is 17.0. The van der Waals surface area contributed by atoms with Gasteiger partial charge in [0.1, 0.15) is 0 Å². The molecule has 0 unspecified atom stereocenters. The molecule has 4 aromatic heterocycles. The molecule has 0 saturated carbocycles. The third-order valence-corrected chi connectivity index (χ3v) is 9.15. The molecule has 4 aromatic carbocycles. The number of fused-ring (bicyclic) bond motifs is 8. The summed E-state index contributed by atoms with van der Waals surface area (Å²) in [4.78, 5) is 15.4. The van der Waals surface area contributed by atoms with E-state index in [0.29, 0.717) is 0 Å². The zero-order valence-corrected chi connectivity index (χ0v) is 29.1. The van der Waals surface area contributed by atoms with Gasteiger partial charge in [-0.05, 0) is 70.8 Å². The van der Waals surface area contributed by atoms with Crippen molar-refractivity contribution in [2.75, 3.05) is 0 Å². The van der Waals surface area contributed by atoms with Crippen LogP contribution in [0.1, 0.15) is 45.0 Å². The average Bonchev–Trinajstić information content (AvgIpc) is 4.01. The molecule has 0 spiro atoms. The number of aromatic nitrogens is 4. The Morgan fingerprint density at radius 3 is 0.717 bits per heavy atom. The van der Waals surface area contributed by atoms with Crippen LogP contribution in [0.3, 0.4) is 0 Å². The van der Waals surface area contributed by atoms with Gasteiger partial charge in [-0.1, -0.05) is 121 Å². The minimum atomic E-state index is -4.67. The molecule has 5 heterocycles. The second-order valence-electron chi connectivity index (χ2n) is 12.6. The van der Waals surface area contributed by atoms with Crippen LogP contribution in [-0.2, 0) is 10.4 Å². The molecule has 1 aliphatic rings. The van der Waals surface area contributed by atoms with E-state index in [9.17, 15) is 0 Å². The van der Waals surface area contributed by atoms with Crippen LogP contribution < -0.4 is 21.4 Å². The SMILES string of the molecule is O=S(=O)(O)O.c1ccc(C2=c3ccc([nH]3)=C(c3ccccc3)c3ccc([nH]3)C(c3ccccc3)=c3ccc([nH]3)=C(c3ccccc3)c3ccc2[nH]3)cc1. The summed E-state index contributed by atoms with van der Waals surface area (Å²) in [5.74, 6) is 0. The van der Waals surface area contributed by atoms with Gasteiger partial charge in [0.15, 0.2) is 0 Å². The molecule has 0 fully saturated rings. The van der Waals surface area contributed by atoms with Crippen LogP contribution in [0.25, 0.3) is 22.3 Å². The third-order valence-electron chi connectivity index (χ3n) is 9.15. The van der Waals surface area contributed by atoms with E-state index in [-0.39, 0.29) is 0 Å². The highest BCUT2D eigenvalue weighted by atomic mass is 32.3. The predicted molar refractivity (Wildman–Crippen MR) is 208 cm³/mol. The van der Waals surface area contributed by atoms with E-state index in [1.165, 1.54) is 0 Å². The van der Waals surface area contributed by atoms with Crippen molar-refractivity contribution in [1.29, 1.82) is 0 Å². The summed E-state index contributed by atoms with van der Waals surface area (Å²) in [6.45, 7) is 0. The van der Waals surface area contributed by atoms with E-state index in [1.807, 2.05) is 0 Å². The van der Waals surface area contributed by atoms with Gasteiger partial charge in [-0.25, -0.2) is 0 Å². The van der Waals surface area contributed by atoms with Crippen LogP contribution in [0.2, 0.25) is 0 Å². The Morgan fingerprint density at radius 1 is 0.302 bits per heavy atom. The van der Waals surface area contributed by atoms with Gasteiger partial charge >= 0.3 is 10.4 Å². The van der Waals surface area contributed by atoms with Crippen molar-refractivity contribution in [1.82, 2.24) is 19.9 Å². The summed E-state index contributed by atoms with van der Waals surface area (Å²) in [6, 6.07) is 60.0. The minimum Gasteiger partial charge on any atom is -0.354 e. The Morgan fingerprint density at radius 2 is 0.509 bits per heavy atom. The fraction of sp³-hybridized carbons (Fsp3) is 0. The quantitative estimate of drug-likeness (QED) is 0.131. The van der Waals surface area contributed by atoms with Crippen molar-refractivity contribution in [3.63, 3.8) is 0 Å². The Bertz CT molecular complexity index is 2530. The number of hydrogen-bond acceptors (Lipinski definition) is 2. The molecule has 260 valence electrons. The summed E-state index contributed by atoms with van der Waals surface area (Å²) in [5.41, 5.74) is 13.1. The van der Waals surface area contributed by atoms with E-state index >= 15 is 0 Å². The smallest absolute Gasteiger partial charge is 0.354 e.